The number of nitrogens with one attached hydrogen (secondary N) is 2. The highest BCUT2D eigenvalue weighted by Crippen LogP contribution is 2.30. The maximum absolute atomic E-state index is 12.7. The molecule has 5 nitrogen and oxygen atoms in total. The Morgan fingerprint density at radius 3 is 2.67 bits per heavy atom. The Labute approximate surface area is 196 Å². The molecule has 10 heteroatoms. The monoisotopic (exact) mass is 553 g/mol. The number of fused-ring (bicyclic) bond motifs is 1. The van der Waals surface area contributed by atoms with Crippen molar-refractivity contribution in [2.75, 3.05) is 19.6 Å². The molecule has 0 aliphatic carbocycles. The van der Waals surface area contributed by atoms with Crippen LogP contribution in [0.2, 0.25) is 0 Å². The number of halogens is 4. The summed E-state index contributed by atoms with van der Waals surface area (Å²) in [6, 6.07) is 8.82. The standard InChI is InChI=1S/C20H26F3N5S.HI/c1-3-24-19(26-11-18-27-17(13-29-18)20(21,22)23)25-10-14(2)28-9-8-15-6-4-5-7-16(15)12-28;/h4-7,13-14H,3,8-12H2,1-2H3,(H2,24,25,26);1H. The van der Waals surface area contributed by atoms with Gasteiger partial charge in [-0.25, -0.2) is 9.98 Å². The fourth-order valence-electron chi connectivity index (χ4n) is 3.27. The fourth-order valence-corrected chi connectivity index (χ4v) is 3.99. The van der Waals surface area contributed by atoms with Gasteiger partial charge in [0.15, 0.2) is 11.7 Å². The van der Waals surface area contributed by atoms with Crippen LogP contribution in [0.5, 0.6) is 0 Å². The van der Waals surface area contributed by atoms with E-state index < -0.39 is 11.9 Å². The zero-order valence-electron chi connectivity index (χ0n) is 17.0. The van der Waals surface area contributed by atoms with Gasteiger partial charge in [-0.1, -0.05) is 24.3 Å². The van der Waals surface area contributed by atoms with Crippen LogP contribution in [-0.4, -0.2) is 41.5 Å². The predicted octanol–water partition coefficient (Wildman–Crippen LogP) is 4.28. The molecule has 2 heterocycles. The second-order valence-corrected chi connectivity index (χ2v) is 7.98. The molecule has 0 saturated heterocycles. The number of guanidine groups is 1. The third-order valence-electron chi connectivity index (χ3n) is 4.91. The largest absolute Gasteiger partial charge is 0.434 e. The van der Waals surface area contributed by atoms with Crippen molar-refractivity contribution in [2.45, 2.75) is 45.6 Å². The highest BCUT2D eigenvalue weighted by Gasteiger charge is 2.33. The predicted molar refractivity (Wildman–Crippen MR) is 125 cm³/mol. The van der Waals surface area contributed by atoms with E-state index in [9.17, 15) is 13.2 Å². The van der Waals surface area contributed by atoms with Crippen molar-refractivity contribution in [3.63, 3.8) is 0 Å². The summed E-state index contributed by atoms with van der Waals surface area (Å²) in [7, 11) is 0. The number of aromatic nitrogens is 1. The van der Waals surface area contributed by atoms with Crippen LogP contribution in [0.15, 0.2) is 34.6 Å². The van der Waals surface area contributed by atoms with E-state index >= 15 is 0 Å². The van der Waals surface area contributed by atoms with Crippen LogP contribution in [0.4, 0.5) is 13.2 Å². The summed E-state index contributed by atoms with van der Waals surface area (Å²) in [5.41, 5.74) is 1.93. The van der Waals surface area contributed by atoms with E-state index in [4.69, 9.17) is 0 Å². The van der Waals surface area contributed by atoms with Crippen molar-refractivity contribution in [3.05, 3.63) is 51.5 Å². The normalized spacial score (nSPS) is 15.8. The molecule has 1 atom stereocenters. The van der Waals surface area contributed by atoms with E-state index in [1.165, 1.54) is 11.1 Å². The summed E-state index contributed by atoms with van der Waals surface area (Å²) in [6.07, 6.45) is -3.37. The first-order chi connectivity index (χ1) is 13.9. The number of hydrogen-bond donors (Lipinski definition) is 2. The molecular weight excluding hydrogens is 526 g/mol. The summed E-state index contributed by atoms with van der Waals surface area (Å²) < 4.78 is 38.0. The molecule has 1 unspecified atom stereocenters. The zero-order chi connectivity index (χ0) is 20.9. The SMILES string of the molecule is CCNC(=NCc1nc(C(F)(F)F)cs1)NCC(C)N1CCc2ccccc2C1.I. The van der Waals surface area contributed by atoms with Crippen molar-refractivity contribution < 1.29 is 13.2 Å². The zero-order valence-corrected chi connectivity index (χ0v) is 20.1. The van der Waals surface area contributed by atoms with Gasteiger partial charge in [0.2, 0.25) is 0 Å². The minimum atomic E-state index is -4.41. The lowest BCUT2D eigenvalue weighted by molar-refractivity contribution is -0.140. The third kappa shape index (κ3) is 6.81. The summed E-state index contributed by atoms with van der Waals surface area (Å²) >= 11 is 0.975. The summed E-state index contributed by atoms with van der Waals surface area (Å²) in [6.45, 7) is 7.53. The molecule has 166 valence electrons. The molecule has 1 aromatic heterocycles. The Kier molecular flexibility index (Phi) is 9.35. The lowest BCUT2D eigenvalue weighted by atomic mass is 9.99. The van der Waals surface area contributed by atoms with E-state index in [0.717, 1.165) is 36.2 Å². The molecule has 2 aromatic rings. The van der Waals surface area contributed by atoms with Gasteiger partial charge in [-0.3, -0.25) is 4.90 Å². The first kappa shape index (κ1) is 24.9. The Bertz CT molecular complexity index is 840. The molecular formula is C20H27F3IN5S. The molecule has 1 aromatic carbocycles. The Morgan fingerprint density at radius 2 is 2.00 bits per heavy atom. The van der Waals surface area contributed by atoms with Gasteiger partial charge in [-0.05, 0) is 31.4 Å². The highest BCUT2D eigenvalue weighted by atomic mass is 127. The van der Waals surface area contributed by atoms with Gasteiger partial charge in [0.05, 0.1) is 6.54 Å². The molecule has 0 saturated carbocycles. The quantitative estimate of drug-likeness (QED) is 0.319. The first-order valence-corrected chi connectivity index (χ1v) is 10.6. The smallest absolute Gasteiger partial charge is 0.357 e. The van der Waals surface area contributed by atoms with Gasteiger partial charge >= 0.3 is 6.18 Å². The van der Waals surface area contributed by atoms with Crippen molar-refractivity contribution in [2.24, 2.45) is 4.99 Å². The summed E-state index contributed by atoms with van der Waals surface area (Å²) in [4.78, 5) is 10.4. The van der Waals surface area contributed by atoms with Gasteiger partial charge in [-0.15, -0.1) is 35.3 Å². The number of aliphatic imine (C=N–C) groups is 1. The first-order valence-electron chi connectivity index (χ1n) is 9.71. The lowest BCUT2D eigenvalue weighted by Crippen LogP contribution is -2.47. The van der Waals surface area contributed by atoms with Gasteiger partial charge in [0.1, 0.15) is 5.01 Å². The molecule has 3 rings (SSSR count). The number of benzene rings is 1. The molecule has 2 N–H and O–H groups in total. The van der Waals surface area contributed by atoms with Crippen LogP contribution in [0.25, 0.3) is 0 Å². The topological polar surface area (TPSA) is 52.6 Å². The van der Waals surface area contributed by atoms with E-state index in [1.54, 1.807) is 0 Å². The Hall–Kier alpha value is -1.40. The van der Waals surface area contributed by atoms with Crippen LogP contribution in [0.3, 0.4) is 0 Å². The number of alkyl halides is 3. The Balaban J connectivity index is 0.00000320. The minimum Gasteiger partial charge on any atom is -0.357 e. The molecule has 0 fully saturated rings. The number of rotatable bonds is 6. The van der Waals surface area contributed by atoms with E-state index in [2.05, 4.69) is 56.7 Å². The molecule has 1 aliphatic rings. The van der Waals surface area contributed by atoms with Crippen molar-refractivity contribution in [1.29, 1.82) is 0 Å². The van der Waals surface area contributed by atoms with E-state index in [-0.39, 0.29) is 30.5 Å². The van der Waals surface area contributed by atoms with Crippen LogP contribution in [0, 0.1) is 0 Å². The van der Waals surface area contributed by atoms with Crippen LogP contribution in [-0.2, 0) is 25.7 Å². The lowest BCUT2D eigenvalue weighted by Gasteiger charge is -2.34. The summed E-state index contributed by atoms with van der Waals surface area (Å²) in [5.74, 6) is 0.584. The number of thiazole rings is 1. The third-order valence-corrected chi connectivity index (χ3v) is 5.74. The van der Waals surface area contributed by atoms with Crippen LogP contribution < -0.4 is 10.6 Å². The second kappa shape index (κ2) is 11.3. The van der Waals surface area contributed by atoms with E-state index in [0.29, 0.717) is 30.1 Å². The van der Waals surface area contributed by atoms with Gasteiger partial charge in [0, 0.05) is 37.6 Å². The van der Waals surface area contributed by atoms with Crippen molar-refractivity contribution in [1.82, 2.24) is 20.5 Å². The number of hydrogen-bond acceptors (Lipinski definition) is 4. The highest BCUT2D eigenvalue weighted by molar-refractivity contribution is 14.0. The maximum atomic E-state index is 12.7. The Morgan fingerprint density at radius 1 is 1.27 bits per heavy atom. The van der Waals surface area contributed by atoms with Crippen LogP contribution >= 0.6 is 35.3 Å². The average molecular weight is 553 g/mol. The number of nitrogens with zero attached hydrogens (tertiary/aromatic N) is 3. The molecule has 1 aliphatic heterocycles. The second-order valence-electron chi connectivity index (χ2n) is 7.04. The van der Waals surface area contributed by atoms with Crippen molar-refractivity contribution >= 4 is 41.3 Å². The molecule has 30 heavy (non-hydrogen) atoms. The van der Waals surface area contributed by atoms with Gasteiger partial charge < -0.3 is 10.6 Å². The average Bonchev–Trinajstić information content (AvgIpc) is 3.19. The molecule has 0 amide bonds. The van der Waals surface area contributed by atoms with Crippen LogP contribution in [0.1, 0.15) is 35.7 Å². The van der Waals surface area contributed by atoms with Crippen molar-refractivity contribution in [3.8, 4) is 0 Å². The molecule has 0 bridgehead atoms. The van der Waals surface area contributed by atoms with Gasteiger partial charge in [0.25, 0.3) is 0 Å². The molecule has 0 spiro atoms. The molecule has 0 radical (unpaired) electrons. The van der Waals surface area contributed by atoms with Gasteiger partial charge in [-0.2, -0.15) is 13.2 Å². The minimum absolute atomic E-state index is 0. The fraction of sp³-hybridized carbons (Fsp3) is 0.500. The maximum Gasteiger partial charge on any atom is 0.434 e. The van der Waals surface area contributed by atoms with E-state index in [1.807, 2.05) is 6.92 Å². The summed E-state index contributed by atoms with van der Waals surface area (Å²) in [5, 5.41) is 7.81.